The van der Waals surface area contributed by atoms with Gasteiger partial charge in [-0.2, -0.15) is 4.98 Å². The number of H-pyrrole nitrogens is 1. The molecule has 0 atom stereocenters. The van der Waals surface area contributed by atoms with Crippen LogP contribution in [0, 0.1) is 0 Å². The summed E-state index contributed by atoms with van der Waals surface area (Å²) in [5.74, 6) is 0.119. The molecular weight excluding hydrogens is 198 g/mol. The first-order valence-corrected chi connectivity index (χ1v) is 4.54. The number of anilines is 1. The number of aryl methyl sites for hydroxylation is 1. The molecule has 0 saturated heterocycles. The second-order valence-electron chi connectivity index (χ2n) is 3.11. The molecule has 7 heteroatoms. The summed E-state index contributed by atoms with van der Waals surface area (Å²) in [6, 6.07) is 0. The number of rotatable bonds is 3. The van der Waals surface area contributed by atoms with Crippen LogP contribution in [0.2, 0.25) is 0 Å². The van der Waals surface area contributed by atoms with Crippen molar-refractivity contribution in [2.24, 2.45) is 0 Å². The molecule has 0 aliphatic heterocycles. The summed E-state index contributed by atoms with van der Waals surface area (Å²) in [4.78, 5) is 21.7. The van der Waals surface area contributed by atoms with E-state index in [9.17, 15) is 4.79 Å². The Balaban J connectivity index is 2.60. The number of aliphatic hydroxyl groups excluding tert-OH is 1. The predicted octanol–water partition coefficient (Wildman–Crippen LogP) is -0.916. The Morgan fingerprint density at radius 3 is 3.13 bits per heavy atom. The molecule has 80 valence electrons. The normalized spacial score (nSPS) is 11.0. The van der Waals surface area contributed by atoms with E-state index >= 15 is 0 Å². The van der Waals surface area contributed by atoms with E-state index in [2.05, 4.69) is 15.0 Å². The quantitative estimate of drug-likeness (QED) is 0.605. The summed E-state index contributed by atoms with van der Waals surface area (Å²) < 4.78 is 1.60. The number of hydrogen-bond acceptors (Lipinski definition) is 5. The number of nitrogens with zero attached hydrogens (tertiary/aromatic N) is 3. The summed E-state index contributed by atoms with van der Waals surface area (Å²) in [5.41, 5.74) is 6.00. The molecule has 2 aromatic heterocycles. The molecule has 2 rings (SSSR count). The maximum absolute atomic E-state index is 11.4. The molecule has 0 aliphatic rings. The first-order valence-electron chi connectivity index (χ1n) is 4.54. The van der Waals surface area contributed by atoms with E-state index in [-0.39, 0.29) is 12.6 Å². The van der Waals surface area contributed by atoms with Gasteiger partial charge < -0.3 is 15.8 Å². The average Bonchev–Trinajstić information content (AvgIpc) is 2.66. The number of imidazole rings is 1. The van der Waals surface area contributed by atoms with Crippen LogP contribution in [0.5, 0.6) is 0 Å². The lowest BCUT2D eigenvalue weighted by atomic mass is 10.4. The number of aromatic amines is 1. The van der Waals surface area contributed by atoms with Crippen molar-refractivity contribution in [2.45, 2.75) is 13.0 Å². The van der Waals surface area contributed by atoms with Gasteiger partial charge in [0, 0.05) is 13.2 Å². The number of fused-ring (bicyclic) bond motifs is 1. The van der Waals surface area contributed by atoms with Gasteiger partial charge in [-0.25, -0.2) is 4.98 Å². The molecule has 0 amide bonds. The summed E-state index contributed by atoms with van der Waals surface area (Å²) in [6.07, 6.45) is 1.96. The minimum absolute atomic E-state index is 0.0531. The molecule has 2 aromatic rings. The van der Waals surface area contributed by atoms with Crippen LogP contribution in [0.4, 0.5) is 5.95 Å². The Kier molecular flexibility index (Phi) is 2.38. The van der Waals surface area contributed by atoms with Crippen LogP contribution < -0.4 is 11.3 Å². The fourth-order valence-corrected chi connectivity index (χ4v) is 1.43. The third-order valence-electron chi connectivity index (χ3n) is 2.12. The molecule has 2 heterocycles. The number of nitrogen functional groups attached to an aromatic ring is 1. The van der Waals surface area contributed by atoms with Crippen molar-refractivity contribution < 1.29 is 5.11 Å². The van der Waals surface area contributed by atoms with E-state index in [1.807, 2.05) is 0 Å². The van der Waals surface area contributed by atoms with Crippen molar-refractivity contribution in [2.75, 3.05) is 12.3 Å². The second-order valence-corrected chi connectivity index (χ2v) is 3.11. The van der Waals surface area contributed by atoms with Crippen molar-refractivity contribution in [3.05, 3.63) is 16.7 Å². The molecule has 7 nitrogen and oxygen atoms in total. The smallest absolute Gasteiger partial charge is 0.300 e. The van der Waals surface area contributed by atoms with Crippen molar-refractivity contribution in [3.63, 3.8) is 0 Å². The van der Waals surface area contributed by atoms with Crippen LogP contribution in [0.15, 0.2) is 11.1 Å². The highest BCUT2D eigenvalue weighted by molar-refractivity contribution is 5.70. The molecule has 0 fully saturated rings. The highest BCUT2D eigenvalue weighted by Gasteiger charge is 2.09. The topological polar surface area (TPSA) is 110 Å². The molecule has 0 radical (unpaired) electrons. The van der Waals surface area contributed by atoms with Crippen LogP contribution in [0.25, 0.3) is 11.2 Å². The molecule has 0 unspecified atom stereocenters. The van der Waals surface area contributed by atoms with Gasteiger partial charge in [0.2, 0.25) is 5.95 Å². The third-order valence-corrected chi connectivity index (χ3v) is 2.12. The fourth-order valence-electron chi connectivity index (χ4n) is 1.43. The first-order chi connectivity index (χ1) is 7.24. The standard InChI is InChI=1S/C8H11N5O2/c9-8-12-7(15)5-6(11-4-10-5)13(8)2-1-3-14/h4,14H,1-3H2,(H,10,11)(H2,9,12,15). The van der Waals surface area contributed by atoms with Gasteiger partial charge in [-0.05, 0) is 6.42 Å². The Hall–Kier alpha value is -1.89. The molecular formula is C8H11N5O2. The van der Waals surface area contributed by atoms with Gasteiger partial charge in [0.05, 0.1) is 6.33 Å². The van der Waals surface area contributed by atoms with E-state index in [1.165, 1.54) is 6.33 Å². The summed E-state index contributed by atoms with van der Waals surface area (Å²) in [6.45, 7) is 0.536. The zero-order chi connectivity index (χ0) is 10.8. The van der Waals surface area contributed by atoms with E-state index in [0.29, 0.717) is 24.1 Å². The summed E-state index contributed by atoms with van der Waals surface area (Å²) in [7, 11) is 0. The summed E-state index contributed by atoms with van der Waals surface area (Å²) >= 11 is 0. The first kappa shape index (κ1) is 9.66. The van der Waals surface area contributed by atoms with Gasteiger partial charge >= 0.3 is 5.56 Å². The molecule has 15 heavy (non-hydrogen) atoms. The number of nitrogens with two attached hydrogens (primary N) is 1. The van der Waals surface area contributed by atoms with Crippen molar-refractivity contribution >= 4 is 17.1 Å². The maximum Gasteiger partial charge on any atom is 0.300 e. The lowest BCUT2D eigenvalue weighted by Gasteiger charge is -2.08. The zero-order valence-corrected chi connectivity index (χ0v) is 7.97. The van der Waals surface area contributed by atoms with Crippen LogP contribution >= 0.6 is 0 Å². The largest absolute Gasteiger partial charge is 0.396 e. The molecule has 0 spiro atoms. The minimum Gasteiger partial charge on any atom is -0.396 e. The SMILES string of the molecule is Nc1nc(=O)c2[nH]cnc2n1CCCO. The summed E-state index contributed by atoms with van der Waals surface area (Å²) in [5, 5.41) is 8.73. The van der Waals surface area contributed by atoms with Crippen molar-refractivity contribution in [1.82, 2.24) is 19.5 Å². The Labute approximate surface area is 84.6 Å². The van der Waals surface area contributed by atoms with Gasteiger partial charge in [0.15, 0.2) is 11.2 Å². The molecule has 4 N–H and O–H groups in total. The van der Waals surface area contributed by atoms with Gasteiger partial charge in [-0.1, -0.05) is 0 Å². The Morgan fingerprint density at radius 1 is 1.60 bits per heavy atom. The lowest BCUT2D eigenvalue weighted by Crippen LogP contribution is -2.18. The highest BCUT2D eigenvalue weighted by atomic mass is 16.3. The number of aromatic nitrogens is 4. The maximum atomic E-state index is 11.4. The number of hydrogen-bond donors (Lipinski definition) is 3. The lowest BCUT2D eigenvalue weighted by molar-refractivity contribution is 0.280. The van der Waals surface area contributed by atoms with Crippen LogP contribution in [-0.4, -0.2) is 31.2 Å². The van der Waals surface area contributed by atoms with Gasteiger partial charge in [0.1, 0.15) is 0 Å². The zero-order valence-electron chi connectivity index (χ0n) is 7.97. The number of nitrogens with one attached hydrogen (secondary N) is 1. The fraction of sp³-hybridized carbons (Fsp3) is 0.375. The number of aliphatic hydroxyl groups is 1. The monoisotopic (exact) mass is 209 g/mol. The van der Waals surface area contributed by atoms with E-state index in [1.54, 1.807) is 4.57 Å². The van der Waals surface area contributed by atoms with E-state index in [0.717, 1.165) is 0 Å². The third kappa shape index (κ3) is 1.57. The van der Waals surface area contributed by atoms with Gasteiger partial charge in [-0.3, -0.25) is 9.36 Å². The van der Waals surface area contributed by atoms with Gasteiger partial charge in [-0.15, -0.1) is 0 Å². The minimum atomic E-state index is -0.416. The molecule has 0 aliphatic carbocycles. The van der Waals surface area contributed by atoms with Crippen LogP contribution in [0.1, 0.15) is 6.42 Å². The van der Waals surface area contributed by atoms with Crippen molar-refractivity contribution in [1.29, 1.82) is 0 Å². The van der Waals surface area contributed by atoms with Crippen molar-refractivity contribution in [3.8, 4) is 0 Å². The van der Waals surface area contributed by atoms with Crippen LogP contribution in [0.3, 0.4) is 0 Å². The Morgan fingerprint density at radius 2 is 2.40 bits per heavy atom. The predicted molar refractivity (Wildman–Crippen MR) is 54.3 cm³/mol. The van der Waals surface area contributed by atoms with Crippen LogP contribution in [-0.2, 0) is 6.54 Å². The van der Waals surface area contributed by atoms with E-state index < -0.39 is 5.56 Å². The van der Waals surface area contributed by atoms with Gasteiger partial charge in [0.25, 0.3) is 0 Å². The van der Waals surface area contributed by atoms with E-state index in [4.69, 9.17) is 10.8 Å². The Bertz CT molecular complexity index is 529. The highest BCUT2D eigenvalue weighted by Crippen LogP contribution is 2.08. The molecule has 0 aromatic carbocycles. The molecule has 0 saturated carbocycles. The second kappa shape index (κ2) is 3.70. The molecule has 0 bridgehead atoms. The average molecular weight is 209 g/mol.